The number of aliphatic hydroxyl groups excluding tert-OH is 3. The number of carbonyl (C=O) groups excluding carboxylic acids is 1. The number of nitrogens with one attached hydrogen (secondary N) is 1. The summed E-state index contributed by atoms with van der Waals surface area (Å²) in [6.07, 6.45) is -3.68. The van der Waals surface area contributed by atoms with Gasteiger partial charge in [-0.15, -0.1) is 0 Å². The maximum Gasteiger partial charge on any atom is 0.331 e. The monoisotopic (exact) mass is 360 g/mol. The van der Waals surface area contributed by atoms with Crippen LogP contribution in [0.4, 0.5) is 0 Å². The van der Waals surface area contributed by atoms with E-state index in [9.17, 15) is 34.8 Å². The Morgan fingerprint density at radius 3 is 2.44 bits per heavy atom. The highest BCUT2D eigenvalue weighted by Crippen LogP contribution is 2.30. The van der Waals surface area contributed by atoms with Crippen LogP contribution in [-0.4, -0.2) is 91.6 Å². The van der Waals surface area contributed by atoms with Crippen LogP contribution in [-0.2, 0) is 14.4 Å². The van der Waals surface area contributed by atoms with Crippen molar-refractivity contribution in [3.8, 4) is 0 Å². The Hall–Kier alpha value is -2.34. The lowest BCUT2D eigenvalue weighted by atomic mass is 9.79. The molecule has 0 aliphatic heterocycles. The Morgan fingerprint density at radius 1 is 1.44 bits per heavy atom. The zero-order valence-corrected chi connectivity index (χ0v) is 13.3. The Labute approximate surface area is 141 Å². The van der Waals surface area contributed by atoms with Gasteiger partial charge < -0.3 is 36.0 Å². The minimum atomic E-state index is -2.21. The number of nitrogens with zero attached hydrogens (tertiary/aromatic N) is 1. The van der Waals surface area contributed by atoms with Crippen molar-refractivity contribution in [3.05, 3.63) is 11.3 Å². The van der Waals surface area contributed by atoms with Gasteiger partial charge in [-0.1, -0.05) is 0 Å². The van der Waals surface area contributed by atoms with Crippen LogP contribution >= 0.6 is 0 Å². The molecule has 140 valence electrons. The molecule has 0 spiro atoms. The first-order valence-corrected chi connectivity index (χ1v) is 7.21. The van der Waals surface area contributed by atoms with Crippen LogP contribution in [0.5, 0.6) is 0 Å². The fraction of sp³-hybridized carbons (Fsp3) is 0.571. The third kappa shape index (κ3) is 4.60. The smallest absolute Gasteiger partial charge is 0.331 e. The van der Waals surface area contributed by atoms with Gasteiger partial charge in [-0.25, -0.2) is 4.79 Å². The highest BCUT2D eigenvalue weighted by atomic mass is 16.4. The fourth-order valence-electron chi connectivity index (χ4n) is 2.33. The Balaban J connectivity index is 3.50. The van der Waals surface area contributed by atoms with E-state index in [1.807, 2.05) is 0 Å². The van der Waals surface area contributed by atoms with Gasteiger partial charge in [0.25, 0.3) is 0 Å². The number of aliphatic carboxylic acids is 2. The van der Waals surface area contributed by atoms with Crippen molar-refractivity contribution >= 4 is 23.9 Å². The van der Waals surface area contributed by atoms with Crippen LogP contribution in [0, 0.1) is 0 Å². The molecule has 11 heteroatoms. The van der Waals surface area contributed by atoms with Gasteiger partial charge in [-0.2, -0.15) is 0 Å². The zero-order valence-electron chi connectivity index (χ0n) is 13.3. The normalized spacial score (nSPS) is 27.7. The molecule has 0 radical (unpaired) electrons. The molecule has 25 heavy (non-hydrogen) atoms. The molecule has 1 aliphatic rings. The van der Waals surface area contributed by atoms with E-state index in [-0.39, 0.29) is 17.6 Å². The van der Waals surface area contributed by atoms with E-state index in [1.54, 1.807) is 0 Å². The van der Waals surface area contributed by atoms with Crippen molar-refractivity contribution in [3.63, 3.8) is 0 Å². The largest absolute Gasteiger partial charge is 0.480 e. The van der Waals surface area contributed by atoms with Gasteiger partial charge in [0.2, 0.25) is 0 Å². The van der Waals surface area contributed by atoms with Crippen LogP contribution in [0.2, 0.25) is 0 Å². The Bertz CT molecular complexity index is 613. The molecule has 7 N–H and O–H groups in total. The third-order valence-corrected chi connectivity index (χ3v) is 3.68. The summed E-state index contributed by atoms with van der Waals surface area (Å²) in [7, 11) is 0. The number of rotatable bonds is 8. The highest BCUT2D eigenvalue weighted by Gasteiger charge is 2.46. The van der Waals surface area contributed by atoms with Crippen LogP contribution in [0.15, 0.2) is 16.3 Å². The summed E-state index contributed by atoms with van der Waals surface area (Å²) in [5.74, 6) is -2.82. The van der Waals surface area contributed by atoms with Crippen molar-refractivity contribution < 1.29 is 45.0 Å². The van der Waals surface area contributed by atoms with E-state index in [1.165, 1.54) is 0 Å². The number of hydrogen-bond donors (Lipinski definition) is 7. The number of carbonyl (C=O) groups is 3. The van der Waals surface area contributed by atoms with Gasteiger partial charge in [-0.3, -0.25) is 14.6 Å². The number of aliphatic imine (C=N–C) groups is 1. The van der Waals surface area contributed by atoms with Crippen molar-refractivity contribution in [1.82, 2.24) is 5.32 Å². The molecule has 1 aliphatic carbocycles. The van der Waals surface area contributed by atoms with E-state index in [4.69, 9.17) is 10.2 Å². The maximum atomic E-state index is 11.4. The molecule has 0 bridgehead atoms. The molecule has 0 saturated heterocycles. The number of hydrogen-bond acceptors (Lipinski definition) is 9. The average molecular weight is 360 g/mol. The van der Waals surface area contributed by atoms with E-state index in [2.05, 4.69) is 10.3 Å². The summed E-state index contributed by atoms with van der Waals surface area (Å²) < 4.78 is 0. The standard InChI is InChI=1S/C14H20N2O9/c1-6(19)10(13(23)24)16-11-7(4-17)8(15-3-9(20)21)2-14(25,5-18)12(11)22/h4,6,10,12,15,18-19,22,25H,2-3,5H2,1H3,(H,20,21)(H,23,24)/b16-11-/t6?,10?,12-,14+/m0/s1. The number of aldehydes is 1. The van der Waals surface area contributed by atoms with Crippen molar-refractivity contribution in [2.45, 2.75) is 37.2 Å². The summed E-state index contributed by atoms with van der Waals surface area (Å²) in [6.45, 7) is -0.468. The molecule has 0 aromatic rings. The van der Waals surface area contributed by atoms with Gasteiger partial charge in [0.05, 0.1) is 24.0 Å². The van der Waals surface area contributed by atoms with E-state index < -0.39 is 61.1 Å². The molecule has 0 heterocycles. The van der Waals surface area contributed by atoms with Crippen LogP contribution in [0.1, 0.15) is 13.3 Å². The van der Waals surface area contributed by atoms with E-state index in [0.717, 1.165) is 6.92 Å². The fourth-order valence-corrected chi connectivity index (χ4v) is 2.33. The summed E-state index contributed by atoms with van der Waals surface area (Å²) in [5.41, 5.74) is -3.26. The lowest BCUT2D eigenvalue weighted by Crippen LogP contribution is -2.56. The van der Waals surface area contributed by atoms with E-state index >= 15 is 0 Å². The summed E-state index contributed by atoms with van der Waals surface area (Å²) in [6, 6.07) is -1.75. The molecular weight excluding hydrogens is 340 g/mol. The summed E-state index contributed by atoms with van der Waals surface area (Å²) in [4.78, 5) is 36.9. The molecular formula is C14H20N2O9. The first kappa shape index (κ1) is 20.7. The van der Waals surface area contributed by atoms with Gasteiger partial charge in [-0.05, 0) is 6.92 Å². The molecule has 2 unspecified atom stereocenters. The zero-order chi connectivity index (χ0) is 19.4. The topological polar surface area (TPSA) is 197 Å². The molecule has 0 fully saturated rings. The lowest BCUT2D eigenvalue weighted by molar-refractivity contribution is -0.141. The predicted octanol–water partition coefficient (Wildman–Crippen LogP) is -3.12. The van der Waals surface area contributed by atoms with Crippen LogP contribution in [0.3, 0.4) is 0 Å². The predicted molar refractivity (Wildman–Crippen MR) is 81.9 cm³/mol. The quantitative estimate of drug-likeness (QED) is 0.217. The SMILES string of the molecule is CC(O)C(/N=C1/C(C=O)=C(NCC(=O)O)C[C@@](O)(CO)[C@H]1O)C(=O)O. The number of carboxylic acid groups (broad SMARTS) is 2. The first-order valence-electron chi connectivity index (χ1n) is 7.21. The molecule has 0 aromatic carbocycles. The van der Waals surface area contributed by atoms with Gasteiger partial charge in [0.1, 0.15) is 18.2 Å². The maximum absolute atomic E-state index is 11.4. The highest BCUT2D eigenvalue weighted by molar-refractivity contribution is 6.19. The van der Waals surface area contributed by atoms with Gasteiger partial charge in [0.15, 0.2) is 12.3 Å². The second kappa shape index (κ2) is 8.16. The Morgan fingerprint density at radius 2 is 2.04 bits per heavy atom. The van der Waals surface area contributed by atoms with Crippen molar-refractivity contribution in [1.29, 1.82) is 0 Å². The lowest BCUT2D eigenvalue weighted by Gasteiger charge is -2.38. The third-order valence-electron chi connectivity index (χ3n) is 3.68. The van der Waals surface area contributed by atoms with Gasteiger partial charge >= 0.3 is 11.9 Å². The summed E-state index contributed by atoms with van der Waals surface area (Å²) >= 11 is 0. The van der Waals surface area contributed by atoms with Crippen LogP contribution < -0.4 is 5.32 Å². The first-order chi connectivity index (χ1) is 11.6. The van der Waals surface area contributed by atoms with Crippen molar-refractivity contribution in [2.24, 2.45) is 4.99 Å². The van der Waals surface area contributed by atoms with E-state index in [0.29, 0.717) is 0 Å². The minimum absolute atomic E-state index is 0.132. The molecule has 1 rings (SSSR count). The summed E-state index contributed by atoms with van der Waals surface area (Å²) in [5, 5.41) is 59.6. The van der Waals surface area contributed by atoms with Crippen LogP contribution in [0.25, 0.3) is 0 Å². The second-order valence-electron chi connectivity index (χ2n) is 5.64. The molecule has 11 nitrogen and oxygen atoms in total. The molecule has 0 aromatic heterocycles. The van der Waals surface area contributed by atoms with Crippen molar-refractivity contribution in [2.75, 3.05) is 13.2 Å². The minimum Gasteiger partial charge on any atom is -0.480 e. The molecule has 0 amide bonds. The second-order valence-corrected chi connectivity index (χ2v) is 5.64. The van der Waals surface area contributed by atoms with Gasteiger partial charge in [0, 0.05) is 12.1 Å². The Kier molecular flexibility index (Phi) is 6.76. The molecule has 0 saturated carbocycles. The number of aliphatic hydroxyl groups is 4. The average Bonchev–Trinajstić information content (AvgIpc) is 2.53. The number of carboxylic acids is 2. The molecule has 4 atom stereocenters.